The number of nitrogens with zero attached hydrogens (tertiary/aromatic N) is 2. The van der Waals surface area contributed by atoms with E-state index in [2.05, 4.69) is 0 Å². The molecule has 31 heavy (non-hydrogen) atoms. The highest BCUT2D eigenvalue weighted by atomic mass is 32.2. The first-order valence-electron chi connectivity index (χ1n) is 9.51. The summed E-state index contributed by atoms with van der Waals surface area (Å²) in [4.78, 5) is 50.8. The van der Waals surface area contributed by atoms with Crippen molar-refractivity contribution in [1.29, 1.82) is 0 Å². The molecule has 0 aliphatic carbocycles. The highest BCUT2D eigenvalue weighted by molar-refractivity contribution is 7.94. The standard InChI is InChI=1S/C17H22N2O10S2/c1-16(2)12(18-8(20)5-10(18)30(16,24)25)14(22)28-7-29-15(23)13-17(3,4)31(26,27)11-6-9(21)19(11)13/h10-13H,5-7H2,1-4H3/t10-,11-,12+,13+/m1/s1. The first-order chi connectivity index (χ1) is 14.1. The number of ether oxygens (including phenoxy) is 2. The van der Waals surface area contributed by atoms with Crippen LogP contribution in [0.2, 0.25) is 0 Å². The van der Waals surface area contributed by atoms with Crippen LogP contribution in [0.25, 0.3) is 0 Å². The molecular formula is C17H22N2O10S2. The Labute approximate surface area is 178 Å². The van der Waals surface area contributed by atoms with Crippen molar-refractivity contribution in [2.75, 3.05) is 6.79 Å². The van der Waals surface area contributed by atoms with E-state index in [0.29, 0.717) is 0 Å². The molecule has 4 saturated heterocycles. The van der Waals surface area contributed by atoms with Gasteiger partial charge in [-0.3, -0.25) is 9.59 Å². The van der Waals surface area contributed by atoms with Crippen LogP contribution >= 0.6 is 0 Å². The van der Waals surface area contributed by atoms with E-state index >= 15 is 0 Å². The normalized spacial score (nSPS) is 35.5. The van der Waals surface area contributed by atoms with E-state index in [-0.39, 0.29) is 12.8 Å². The summed E-state index contributed by atoms with van der Waals surface area (Å²) in [5.41, 5.74) is 0. The second-order valence-corrected chi connectivity index (χ2v) is 14.4. The zero-order valence-electron chi connectivity index (χ0n) is 17.2. The molecule has 0 unspecified atom stereocenters. The molecule has 4 rings (SSSR count). The van der Waals surface area contributed by atoms with Crippen LogP contribution in [0.5, 0.6) is 0 Å². The third-order valence-electron chi connectivity index (χ3n) is 6.80. The number of hydrogen-bond acceptors (Lipinski definition) is 10. The highest BCUT2D eigenvalue weighted by Crippen LogP contribution is 2.47. The van der Waals surface area contributed by atoms with Crippen molar-refractivity contribution in [2.45, 2.75) is 72.9 Å². The van der Waals surface area contributed by atoms with Gasteiger partial charge >= 0.3 is 11.9 Å². The largest absolute Gasteiger partial charge is 0.426 e. The van der Waals surface area contributed by atoms with Crippen LogP contribution < -0.4 is 0 Å². The van der Waals surface area contributed by atoms with Gasteiger partial charge in [0, 0.05) is 0 Å². The van der Waals surface area contributed by atoms with Gasteiger partial charge in [0.25, 0.3) is 0 Å². The van der Waals surface area contributed by atoms with Crippen molar-refractivity contribution in [2.24, 2.45) is 0 Å². The Balaban J connectivity index is 1.44. The maximum absolute atomic E-state index is 12.6. The maximum atomic E-state index is 12.6. The number of sulfone groups is 2. The van der Waals surface area contributed by atoms with Gasteiger partial charge < -0.3 is 19.3 Å². The average molecular weight is 479 g/mol. The van der Waals surface area contributed by atoms with Gasteiger partial charge in [-0.05, 0) is 27.7 Å². The Morgan fingerprint density at radius 3 is 1.42 bits per heavy atom. The lowest BCUT2D eigenvalue weighted by molar-refractivity contribution is -0.180. The fourth-order valence-electron chi connectivity index (χ4n) is 4.72. The van der Waals surface area contributed by atoms with Gasteiger partial charge in [0.1, 0.15) is 22.8 Å². The summed E-state index contributed by atoms with van der Waals surface area (Å²) in [6.45, 7) is 4.33. The fourth-order valence-corrected chi connectivity index (χ4v) is 8.97. The molecule has 4 fully saturated rings. The van der Waals surface area contributed by atoms with Gasteiger partial charge in [-0.25, -0.2) is 26.4 Å². The highest BCUT2D eigenvalue weighted by Gasteiger charge is 2.69. The molecule has 14 heteroatoms. The van der Waals surface area contributed by atoms with Gasteiger partial charge in [0.05, 0.1) is 22.3 Å². The number of fused-ring (bicyclic) bond motifs is 2. The molecule has 172 valence electrons. The third kappa shape index (κ3) is 2.51. The van der Waals surface area contributed by atoms with E-state index in [1.165, 1.54) is 27.7 Å². The number of hydrogen-bond donors (Lipinski definition) is 0. The van der Waals surface area contributed by atoms with E-state index in [0.717, 1.165) is 9.80 Å². The second kappa shape index (κ2) is 6.18. The second-order valence-electron chi connectivity index (χ2n) is 9.07. The topological polar surface area (TPSA) is 161 Å². The molecule has 0 N–H and O–H groups in total. The molecule has 0 spiro atoms. The smallest absolute Gasteiger partial charge is 0.333 e. The Bertz CT molecular complexity index is 1040. The van der Waals surface area contributed by atoms with Gasteiger partial charge in [-0.2, -0.15) is 0 Å². The number of amides is 2. The van der Waals surface area contributed by atoms with E-state index in [9.17, 15) is 36.0 Å². The monoisotopic (exact) mass is 478 g/mol. The van der Waals surface area contributed by atoms with Gasteiger partial charge in [-0.15, -0.1) is 0 Å². The zero-order chi connectivity index (χ0) is 23.3. The Morgan fingerprint density at radius 2 is 1.13 bits per heavy atom. The molecule has 4 atom stereocenters. The van der Waals surface area contributed by atoms with Crippen LogP contribution in [0.4, 0.5) is 0 Å². The number of β-lactam (4-membered cyclic amide) rings is 2. The molecule has 0 saturated carbocycles. The van der Waals surface area contributed by atoms with Crippen molar-refractivity contribution < 1.29 is 45.5 Å². The predicted molar refractivity (Wildman–Crippen MR) is 101 cm³/mol. The Kier molecular flexibility index (Phi) is 4.38. The minimum absolute atomic E-state index is 0.208. The lowest BCUT2D eigenvalue weighted by Gasteiger charge is -2.36. The molecule has 0 radical (unpaired) electrons. The first kappa shape index (κ1) is 22.0. The van der Waals surface area contributed by atoms with E-state index in [1.807, 2.05) is 0 Å². The number of carbonyl (C=O) groups is 4. The van der Waals surface area contributed by atoms with Crippen molar-refractivity contribution in [3.63, 3.8) is 0 Å². The van der Waals surface area contributed by atoms with Crippen LogP contribution in [0.1, 0.15) is 40.5 Å². The molecule has 0 aromatic rings. The quantitative estimate of drug-likeness (QED) is 0.259. The fraction of sp³-hybridized carbons (Fsp3) is 0.765. The number of esters is 2. The number of rotatable bonds is 4. The summed E-state index contributed by atoms with van der Waals surface area (Å²) in [6.07, 6.45) is -0.415. The van der Waals surface area contributed by atoms with Crippen LogP contribution in [0.3, 0.4) is 0 Å². The molecule has 4 aliphatic rings. The van der Waals surface area contributed by atoms with Crippen molar-refractivity contribution in [3.05, 3.63) is 0 Å². The summed E-state index contributed by atoms with van der Waals surface area (Å²) >= 11 is 0. The minimum atomic E-state index is -3.80. The van der Waals surface area contributed by atoms with Crippen LogP contribution in [0.15, 0.2) is 0 Å². The zero-order valence-corrected chi connectivity index (χ0v) is 18.9. The molecular weight excluding hydrogens is 456 g/mol. The Morgan fingerprint density at radius 1 is 0.806 bits per heavy atom. The van der Waals surface area contributed by atoms with E-state index in [4.69, 9.17) is 9.47 Å². The molecule has 4 heterocycles. The van der Waals surface area contributed by atoms with Crippen LogP contribution in [0, 0.1) is 0 Å². The molecule has 0 bridgehead atoms. The molecule has 4 aliphatic heterocycles. The first-order valence-corrected chi connectivity index (χ1v) is 12.6. The average Bonchev–Trinajstić information content (AvgIpc) is 2.84. The third-order valence-corrected chi connectivity index (χ3v) is 12.4. The van der Waals surface area contributed by atoms with Gasteiger partial charge in [0.15, 0.2) is 19.7 Å². The van der Waals surface area contributed by atoms with Crippen LogP contribution in [-0.4, -0.2) is 89.5 Å². The SMILES string of the molecule is CC1(C)[C@H](C(=O)OCOC(=O)[C@@H]2N3C(=O)C[C@H]3S(=O)(=O)C2(C)C)N2C(=O)C[C@H]2S1(=O)=O. The number of carbonyl (C=O) groups excluding carboxylic acids is 4. The van der Waals surface area contributed by atoms with Gasteiger partial charge in [0.2, 0.25) is 18.6 Å². The lowest BCUT2D eigenvalue weighted by atomic mass is 9.98. The Hall–Kier alpha value is -2.22. The van der Waals surface area contributed by atoms with Crippen molar-refractivity contribution in [3.8, 4) is 0 Å². The van der Waals surface area contributed by atoms with Crippen molar-refractivity contribution >= 4 is 43.4 Å². The minimum Gasteiger partial charge on any atom is -0.426 e. The van der Waals surface area contributed by atoms with Crippen LogP contribution in [-0.2, 0) is 48.3 Å². The molecule has 2 amide bonds. The summed E-state index contributed by atoms with van der Waals surface area (Å²) in [7, 11) is -7.60. The summed E-state index contributed by atoms with van der Waals surface area (Å²) < 4.78 is 56.8. The van der Waals surface area contributed by atoms with Gasteiger partial charge in [-0.1, -0.05) is 0 Å². The van der Waals surface area contributed by atoms with E-state index < -0.39 is 82.5 Å². The molecule has 12 nitrogen and oxygen atoms in total. The van der Waals surface area contributed by atoms with Crippen molar-refractivity contribution in [1.82, 2.24) is 9.80 Å². The van der Waals surface area contributed by atoms with E-state index in [1.54, 1.807) is 0 Å². The summed E-state index contributed by atoms with van der Waals surface area (Å²) in [6, 6.07) is -2.79. The summed E-state index contributed by atoms with van der Waals surface area (Å²) in [5.74, 6) is -3.13. The predicted octanol–water partition coefficient (Wildman–Crippen LogP) is -1.70. The summed E-state index contributed by atoms with van der Waals surface area (Å²) in [5, 5.41) is -2.18. The molecule has 0 aromatic heterocycles. The molecule has 0 aromatic carbocycles. The maximum Gasteiger partial charge on any atom is 0.333 e. The lowest BCUT2D eigenvalue weighted by Crippen LogP contribution is -2.58.